The van der Waals surface area contributed by atoms with Crippen LogP contribution in [0.5, 0.6) is 34.5 Å². The molecule has 0 aliphatic carbocycles. The Bertz CT molecular complexity index is 1320. The molecule has 0 atom stereocenters. The van der Waals surface area contributed by atoms with Crippen molar-refractivity contribution in [3.63, 3.8) is 0 Å². The van der Waals surface area contributed by atoms with Gasteiger partial charge in [-0.3, -0.25) is 4.79 Å². The number of para-hydroxylation sites is 1. The van der Waals surface area contributed by atoms with Crippen molar-refractivity contribution in [1.82, 2.24) is 0 Å². The van der Waals surface area contributed by atoms with Gasteiger partial charge in [-0.2, -0.15) is 0 Å². The third kappa shape index (κ3) is 6.31. The van der Waals surface area contributed by atoms with Gasteiger partial charge in [-0.15, -0.1) is 0 Å². The largest absolute Gasteiger partial charge is 0.495 e. The second-order valence-corrected chi connectivity index (χ2v) is 7.88. The summed E-state index contributed by atoms with van der Waals surface area (Å²) in [4.78, 5) is 12.9. The highest BCUT2D eigenvalue weighted by Gasteiger charge is 2.14. The minimum Gasteiger partial charge on any atom is -0.495 e. The number of nitrogens with two attached hydrogens (primary N) is 1. The van der Waals surface area contributed by atoms with E-state index in [1.165, 1.54) is 20.3 Å². The zero-order valence-corrected chi connectivity index (χ0v) is 22.3. The highest BCUT2D eigenvalue weighted by Crippen LogP contribution is 2.39. The maximum absolute atomic E-state index is 12.9. The Balaban J connectivity index is 1.89. The first-order valence-corrected chi connectivity index (χ1v) is 11.5. The highest BCUT2D eigenvalue weighted by atomic mass is 16.5. The number of carbonyl (C=O) groups excluding carboxylic acids is 1. The number of ether oxygens (including phenoxy) is 6. The van der Waals surface area contributed by atoms with Crippen LogP contribution in [0.4, 0.5) is 11.4 Å². The lowest BCUT2D eigenvalue weighted by atomic mass is 10.1. The second kappa shape index (κ2) is 13.0. The predicted octanol–water partition coefficient (Wildman–Crippen LogP) is 5.14. The number of methoxy groups -OCH3 is 6. The lowest BCUT2D eigenvalue weighted by molar-refractivity contribution is -0.111. The van der Waals surface area contributed by atoms with Gasteiger partial charge in [-0.1, -0.05) is 24.3 Å². The molecule has 38 heavy (non-hydrogen) atoms. The van der Waals surface area contributed by atoms with E-state index in [4.69, 9.17) is 34.2 Å². The Morgan fingerprint density at radius 3 is 1.79 bits per heavy atom. The van der Waals surface area contributed by atoms with E-state index in [0.717, 1.165) is 11.1 Å². The van der Waals surface area contributed by atoms with Crippen molar-refractivity contribution < 1.29 is 33.2 Å². The molecule has 9 heteroatoms. The van der Waals surface area contributed by atoms with E-state index in [0.29, 0.717) is 51.4 Å². The van der Waals surface area contributed by atoms with E-state index in [1.807, 2.05) is 36.4 Å². The summed E-state index contributed by atoms with van der Waals surface area (Å²) in [6.45, 7) is 0. The Kier molecular flexibility index (Phi) is 9.48. The monoisotopic (exact) mass is 520 g/mol. The van der Waals surface area contributed by atoms with Gasteiger partial charge in [0, 0.05) is 11.6 Å². The number of carbonyl (C=O) groups is 1. The summed E-state index contributed by atoms with van der Waals surface area (Å²) in [5, 5.41) is 2.91. The van der Waals surface area contributed by atoms with Crippen LogP contribution in [0, 0.1) is 0 Å². The zero-order valence-electron chi connectivity index (χ0n) is 22.3. The normalized spacial score (nSPS) is 10.9. The van der Waals surface area contributed by atoms with Crippen molar-refractivity contribution in [2.45, 2.75) is 0 Å². The molecule has 0 unspecified atom stereocenters. The lowest BCUT2D eigenvalue weighted by Gasteiger charge is -2.14. The quantitative estimate of drug-likeness (QED) is 0.203. The van der Waals surface area contributed by atoms with Crippen LogP contribution in [0.3, 0.4) is 0 Å². The van der Waals surface area contributed by atoms with Crippen LogP contribution in [0.25, 0.3) is 18.2 Å². The van der Waals surface area contributed by atoms with Gasteiger partial charge in [0.05, 0.1) is 54.0 Å². The molecule has 3 N–H and O–H groups in total. The number of anilines is 2. The van der Waals surface area contributed by atoms with Crippen LogP contribution in [0.2, 0.25) is 0 Å². The predicted molar refractivity (Wildman–Crippen MR) is 150 cm³/mol. The molecule has 3 aromatic rings. The fourth-order valence-electron chi connectivity index (χ4n) is 3.82. The van der Waals surface area contributed by atoms with Crippen molar-refractivity contribution in [1.29, 1.82) is 0 Å². The van der Waals surface area contributed by atoms with Crippen LogP contribution >= 0.6 is 0 Å². The molecule has 0 aliphatic heterocycles. The van der Waals surface area contributed by atoms with Gasteiger partial charge >= 0.3 is 0 Å². The van der Waals surface area contributed by atoms with Gasteiger partial charge in [0.1, 0.15) is 5.75 Å². The molecule has 0 saturated carbocycles. The number of benzene rings is 3. The second-order valence-electron chi connectivity index (χ2n) is 7.88. The van der Waals surface area contributed by atoms with Gasteiger partial charge < -0.3 is 39.5 Å². The molecule has 0 aromatic heterocycles. The van der Waals surface area contributed by atoms with Crippen molar-refractivity contribution in [2.24, 2.45) is 0 Å². The fourth-order valence-corrected chi connectivity index (χ4v) is 3.82. The number of hydrogen-bond donors (Lipinski definition) is 2. The van der Waals surface area contributed by atoms with Crippen molar-refractivity contribution in [3.05, 3.63) is 65.2 Å². The molecule has 9 nitrogen and oxygen atoms in total. The van der Waals surface area contributed by atoms with Crippen molar-refractivity contribution in [2.75, 3.05) is 53.7 Å². The zero-order chi connectivity index (χ0) is 27.7. The minimum atomic E-state index is -0.356. The maximum Gasteiger partial charge on any atom is 0.248 e. The van der Waals surface area contributed by atoms with Crippen LogP contribution in [0.15, 0.2) is 48.5 Å². The molecule has 0 fully saturated rings. The highest BCUT2D eigenvalue weighted by molar-refractivity contribution is 6.04. The molecule has 0 spiro atoms. The first-order chi connectivity index (χ1) is 18.4. The Morgan fingerprint density at radius 2 is 1.24 bits per heavy atom. The minimum absolute atomic E-state index is 0.356. The molecule has 200 valence electrons. The fraction of sp³-hybridized carbons (Fsp3) is 0.207. The van der Waals surface area contributed by atoms with Gasteiger partial charge in [0.2, 0.25) is 11.7 Å². The molecular formula is C29H32N2O7. The number of nitrogen functional groups attached to an aromatic ring is 1. The summed E-state index contributed by atoms with van der Waals surface area (Å²) < 4.78 is 32.4. The summed E-state index contributed by atoms with van der Waals surface area (Å²) in [5.74, 6) is 2.63. The van der Waals surface area contributed by atoms with Gasteiger partial charge in [-0.25, -0.2) is 0 Å². The van der Waals surface area contributed by atoms with Crippen LogP contribution in [-0.4, -0.2) is 48.6 Å². The summed E-state index contributed by atoms with van der Waals surface area (Å²) >= 11 is 0. The molecule has 3 aromatic carbocycles. The molecule has 0 saturated heterocycles. The van der Waals surface area contributed by atoms with Crippen LogP contribution in [0.1, 0.15) is 16.7 Å². The SMILES string of the molecule is COc1cccc(C=Cc2cc(OC)c(OC)c(OC)c2)c1NC(=O)/C=C/c1cc(N)c(OC)c(OC)c1. The summed E-state index contributed by atoms with van der Waals surface area (Å²) in [7, 11) is 9.24. The van der Waals surface area contributed by atoms with Crippen LogP contribution in [-0.2, 0) is 4.79 Å². The van der Waals surface area contributed by atoms with Crippen molar-refractivity contribution >= 4 is 35.5 Å². The molecule has 3 rings (SSSR count). The topological polar surface area (TPSA) is 111 Å². The summed E-state index contributed by atoms with van der Waals surface area (Å²) in [6, 6.07) is 12.6. The van der Waals surface area contributed by atoms with E-state index in [-0.39, 0.29) is 5.91 Å². The third-order valence-electron chi connectivity index (χ3n) is 5.63. The van der Waals surface area contributed by atoms with Gasteiger partial charge in [0.25, 0.3) is 0 Å². The number of amides is 1. The Morgan fingerprint density at radius 1 is 0.684 bits per heavy atom. The van der Waals surface area contributed by atoms with E-state index < -0.39 is 0 Å². The van der Waals surface area contributed by atoms with E-state index in [9.17, 15) is 4.79 Å². The average molecular weight is 521 g/mol. The lowest BCUT2D eigenvalue weighted by Crippen LogP contribution is -2.10. The van der Waals surface area contributed by atoms with Crippen LogP contribution < -0.4 is 39.5 Å². The van der Waals surface area contributed by atoms with E-state index in [1.54, 1.807) is 52.7 Å². The number of hydrogen-bond acceptors (Lipinski definition) is 8. The first kappa shape index (κ1) is 27.8. The van der Waals surface area contributed by atoms with Crippen molar-refractivity contribution in [3.8, 4) is 34.5 Å². The summed E-state index contributed by atoms with van der Waals surface area (Å²) in [5.41, 5.74) is 9.18. The smallest absolute Gasteiger partial charge is 0.248 e. The molecule has 0 radical (unpaired) electrons. The standard InChI is InChI=1S/C29H32N2O7/c1-33-22-9-7-8-20(12-10-19-16-24(35-3)29(38-6)25(17-19)36-4)27(22)31-26(32)13-11-18-14-21(30)28(37-5)23(15-18)34-2/h7-17H,30H2,1-6H3,(H,31,32)/b12-10?,13-11+. The first-order valence-electron chi connectivity index (χ1n) is 11.5. The summed E-state index contributed by atoms with van der Waals surface area (Å²) in [6.07, 6.45) is 6.77. The number of nitrogens with one attached hydrogen (secondary N) is 1. The Hall–Kier alpha value is -4.79. The van der Waals surface area contributed by atoms with E-state index in [2.05, 4.69) is 5.32 Å². The molecule has 1 amide bonds. The average Bonchev–Trinajstić information content (AvgIpc) is 2.94. The molecule has 0 bridgehead atoms. The molecule has 0 heterocycles. The van der Waals surface area contributed by atoms with Gasteiger partial charge in [0.15, 0.2) is 23.0 Å². The number of rotatable bonds is 11. The maximum atomic E-state index is 12.9. The Labute approximate surface area is 222 Å². The molecule has 0 aliphatic rings. The van der Waals surface area contributed by atoms with Gasteiger partial charge in [-0.05, 0) is 47.5 Å². The van der Waals surface area contributed by atoms with E-state index >= 15 is 0 Å². The molecular weight excluding hydrogens is 488 g/mol. The third-order valence-corrected chi connectivity index (χ3v) is 5.63.